The molecule has 0 saturated carbocycles. The van der Waals surface area contributed by atoms with E-state index < -0.39 is 41.8 Å². The van der Waals surface area contributed by atoms with Gasteiger partial charge >= 0.3 is 11.9 Å². The number of esters is 1. The molecule has 0 aromatic carbocycles. The van der Waals surface area contributed by atoms with Gasteiger partial charge in [0.1, 0.15) is 0 Å². The van der Waals surface area contributed by atoms with E-state index in [1.54, 1.807) is 0 Å². The summed E-state index contributed by atoms with van der Waals surface area (Å²) in [6.07, 6.45) is -2.59. The van der Waals surface area contributed by atoms with E-state index in [0.29, 0.717) is 0 Å². The van der Waals surface area contributed by atoms with Crippen LogP contribution in [0.5, 0.6) is 0 Å². The Labute approximate surface area is 133 Å². The molecule has 0 N–H and O–H groups in total. The minimum Gasteiger partial charge on any atom is -0.449 e. The molecule has 9 nitrogen and oxygen atoms in total. The first-order valence-electron chi connectivity index (χ1n) is 6.63. The molecular weight excluding hydrogens is 332 g/mol. The molecule has 128 valence electrons. The average Bonchev–Trinajstić information content (AvgIpc) is 2.55. The van der Waals surface area contributed by atoms with E-state index in [-0.39, 0.29) is 18.8 Å². The van der Waals surface area contributed by atoms with Crippen molar-refractivity contribution in [2.24, 2.45) is 5.18 Å². The highest BCUT2D eigenvalue weighted by atomic mass is 19.2. The number of pyridine rings is 1. The molecule has 2 heterocycles. The largest absolute Gasteiger partial charge is 0.449 e. The van der Waals surface area contributed by atoms with E-state index in [0.717, 1.165) is 24.1 Å². The van der Waals surface area contributed by atoms with Crippen LogP contribution in [0.2, 0.25) is 0 Å². The van der Waals surface area contributed by atoms with Crippen molar-refractivity contribution in [3.05, 3.63) is 28.9 Å². The van der Waals surface area contributed by atoms with Crippen LogP contribution in [0.15, 0.2) is 17.4 Å². The van der Waals surface area contributed by atoms with Gasteiger partial charge in [-0.15, -0.1) is 4.91 Å². The number of nitroso groups, excluding NO2 is 1. The zero-order valence-electron chi connectivity index (χ0n) is 12.3. The number of anilines is 1. The number of hydrogen-bond acceptors (Lipinski definition) is 7. The van der Waals surface area contributed by atoms with Gasteiger partial charge in [-0.1, -0.05) is 0 Å². The van der Waals surface area contributed by atoms with E-state index in [1.165, 1.54) is 0 Å². The van der Waals surface area contributed by atoms with Crippen molar-refractivity contribution >= 4 is 23.5 Å². The first-order chi connectivity index (χ1) is 11.3. The molecule has 2 unspecified atom stereocenters. The van der Waals surface area contributed by atoms with Crippen LogP contribution in [0.1, 0.15) is 6.92 Å². The molecule has 1 saturated heterocycles. The fourth-order valence-electron chi connectivity index (χ4n) is 2.11. The number of aromatic nitrogens is 1. The third-order valence-electron chi connectivity index (χ3n) is 3.12. The van der Waals surface area contributed by atoms with Gasteiger partial charge in [0.05, 0.1) is 18.5 Å². The van der Waals surface area contributed by atoms with Crippen molar-refractivity contribution in [1.29, 1.82) is 0 Å². The van der Waals surface area contributed by atoms with Crippen LogP contribution >= 0.6 is 0 Å². The summed E-state index contributed by atoms with van der Waals surface area (Å²) >= 11 is 0. The molecule has 2 rings (SSSR count). The zero-order valence-corrected chi connectivity index (χ0v) is 12.3. The minimum absolute atomic E-state index is 0.0441. The predicted octanol–water partition coefficient (Wildman–Crippen LogP) is 0.316. The normalized spacial score (nSPS) is 18.9. The van der Waals surface area contributed by atoms with Crippen LogP contribution < -0.4 is 4.90 Å². The second-order valence-electron chi connectivity index (χ2n) is 4.71. The molecule has 1 aromatic rings. The lowest BCUT2D eigenvalue weighted by Gasteiger charge is -2.34. The summed E-state index contributed by atoms with van der Waals surface area (Å²) in [7, 11) is 0. The Morgan fingerprint density at radius 3 is 2.79 bits per heavy atom. The van der Waals surface area contributed by atoms with Crippen LogP contribution in [0, 0.1) is 16.7 Å². The predicted molar refractivity (Wildman–Crippen MR) is 72.6 cm³/mol. The molecule has 11 heteroatoms. The smallest absolute Gasteiger partial charge is 0.329 e. The molecule has 1 aliphatic heterocycles. The van der Waals surface area contributed by atoms with E-state index in [9.17, 15) is 28.1 Å². The zero-order chi connectivity index (χ0) is 17.9. The lowest BCUT2D eigenvalue weighted by atomic mass is 10.1. The van der Waals surface area contributed by atoms with E-state index >= 15 is 0 Å². The van der Waals surface area contributed by atoms with Crippen molar-refractivity contribution in [3.63, 3.8) is 0 Å². The number of hydrogen-bond donors (Lipinski definition) is 0. The highest BCUT2D eigenvalue weighted by Gasteiger charge is 2.43. The molecule has 1 fully saturated rings. The van der Waals surface area contributed by atoms with Crippen molar-refractivity contribution in [2.45, 2.75) is 19.1 Å². The highest BCUT2D eigenvalue weighted by molar-refractivity contribution is 6.01. The maximum absolute atomic E-state index is 13.3. The number of ether oxygens (including phenoxy) is 2. The monoisotopic (exact) mass is 343 g/mol. The van der Waals surface area contributed by atoms with E-state index in [4.69, 9.17) is 4.74 Å². The van der Waals surface area contributed by atoms with Gasteiger partial charge in [-0.2, -0.15) is 4.39 Å². The number of amides is 2. The molecule has 0 radical (unpaired) electrons. The van der Waals surface area contributed by atoms with Crippen LogP contribution in [0.4, 0.5) is 14.5 Å². The summed E-state index contributed by atoms with van der Waals surface area (Å²) in [5, 5.41) is 2.14. The number of rotatable bonds is 4. The number of nitrogens with zero attached hydrogens (tertiary/aromatic N) is 3. The van der Waals surface area contributed by atoms with Crippen LogP contribution in [0.3, 0.4) is 0 Å². The van der Waals surface area contributed by atoms with Gasteiger partial charge in [-0.3, -0.25) is 14.4 Å². The maximum atomic E-state index is 13.3. The van der Waals surface area contributed by atoms with Crippen molar-refractivity contribution < 1.29 is 32.6 Å². The minimum atomic E-state index is -1.87. The first kappa shape index (κ1) is 17.5. The van der Waals surface area contributed by atoms with Crippen LogP contribution in [-0.4, -0.2) is 48.1 Å². The Kier molecular flexibility index (Phi) is 5.24. The first-order valence-corrected chi connectivity index (χ1v) is 6.63. The van der Waals surface area contributed by atoms with E-state index in [2.05, 4.69) is 14.9 Å². The maximum Gasteiger partial charge on any atom is 0.329 e. The van der Waals surface area contributed by atoms with Gasteiger partial charge in [0.15, 0.2) is 11.9 Å². The molecule has 0 spiro atoms. The molecule has 24 heavy (non-hydrogen) atoms. The Balaban J connectivity index is 2.30. The van der Waals surface area contributed by atoms with Gasteiger partial charge in [0.25, 0.3) is 5.91 Å². The van der Waals surface area contributed by atoms with E-state index in [1.807, 2.05) is 0 Å². The lowest BCUT2D eigenvalue weighted by Crippen LogP contribution is -2.55. The Morgan fingerprint density at radius 1 is 1.50 bits per heavy atom. The molecular formula is C13H11F2N3O6. The summed E-state index contributed by atoms with van der Waals surface area (Å²) in [6.45, 7) is 0.812. The van der Waals surface area contributed by atoms with Crippen molar-refractivity contribution in [1.82, 2.24) is 4.98 Å². The van der Waals surface area contributed by atoms with Gasteiger partial charge < -0.3 is 14.4 Å². The molecule has 0 aliphatic carbocycles. The van der Waals surface area contributed by atoms with Crippen molar-refractivity contribution in [2.75, 3.05) is 18.1 Å². The Morgan fingerprint density at radius 2 is 2.21 bits per heavy atom. The van der Waals surface area contributed by atoms with Crippen molar-refractivity contribution in [3.8, 4) is 0 Å². The third kappa shape index (κ3) is 3.56. The topological polar surface area (TPSA) is 115 Å². The fraction of sp³-hybridized carbons (Fsp3) is 0.385. The van der Waals surface area contributed by atoms with Gasteiger partial charge in [-0.25, -0.2) is 9.37 Å². The quantitative estimate of drug-likeness (QED) is 0.439. The van der Waals surface area contributed by atoms with Gasteiger partial charge in [0, 0.05) is 24.7 Å². The Hall–Kier alpha value is -2.82. The van der Waals surface area contributed by atoms with Crippen LogP contribution in [0.25, 0.3) is 0 Å². The second-order valence-corrected chi connectivity index (χ2v) is 4.71. The van der Waals surface area contributed by atoms with Gasteiger partial charge in [0.2, 0.25) is 12.1 Å². The summed E-state index contributed by atoms with van der Waals surface area (Å²) in [4.78, 5) is 49.6. The summed E-state index contributed by atoms with van der Waals surface area (Å²) in [6, 6.07) is 0.739. The third-order valence-corrected chi connectivity index (χ3v) is 3.12. The molecule has 2 amide bonds. The average molecular weight is 343 g/mol. The summed E-state index contributed by atoms with van der Waals surface area (Å²) < 4.78 is 35.9. The molecule has 1 aromatic heterocycles. The second kappa shape index (κ2) is 7.17. The molecule has 0 bridgehead atoms. The lowest BCUT2D eigenvalue weighted by molar-refractivity contribution is -0.168. The number of morpholine rings is 1. The molecule has 2 atom stereocenters. The van der Waals surface area contributed by atoms with Gasteiger partial charge in [-0.05, 0) is 0 Å². The summed E-state index contributed by atoms with van der Waals surface area (Å²) in [5.74, 6) is -5.84. The number of halogens is 2. The number of carbonyl (C=O) groups is 3. The number of carbonyl (C=O) groups excluding carboxylic acids is 3. The van der Waals surface area contributed by atoms with Crippen LogP contribution in [-0.2, 0) is 23.9 Å². The Bertz CT molecular complexity index is 698. The highest BCUT2D eigenvalue weighted by Crippen LogP contribution is 2.22. The molecule has 1 aliphatic rings. The fourth-order valence-corrected chi connectivity index (χ4v) is 2.11. The summed E-state index contributed by atoms with van der Waals surface area (Å²) in [5.41, 5.74) is -0.0831. The standard InChI is InChI=1S/C13H11F2N3O6/c1-6(19)24-9(12(20)17-22)10-13(21)18(2-3-23-10)7-4-8(14)11(15)16-5-7/h4-5,9-10H,2-3H2,1H3. The SMILES string of the molecule is CC(=O)OC(C(=O)N=O)C1OCCN(c2cnc(F)c(F)c2)C1=O.